The molecule has 0 fully saturated rings. The zero-order valence-electron chi connectivity index (χ0n) is 12.0. The van der Waals surface area contributed by atoms with Gasteiger partial charge in [-0.25, -0.2) is 4.39 Å². The summed E-state index contributed by atoms with van der Waals surface area (Å²) in [5, 5.41) is 2.41. The van der Waals surface area contributed by atoms with Crippen molar-refractivity contribution >= 4 is 11.6 Å². The van der Waals surface area contributed by atoms with Crippen LogP contribution in [-0.2, 0) is 11.0 Å². The molecule has 0 aromatic heterocycles. The van der Waals surface area contributed by atoms with E-state index >= 15 is 0 Å². The Kier molecular flexibility index (Phi) is 4.88. The van der Waals surface area contributed by atoms with Crippen LogP contribution in [0.15, 0.2) is 48.5 Å². The van der Waals surface area contributed by atoms with E-state index in [0.29, 0.717) is 0 Å². The number of carbonyl (C=O) groups is 1. The zero-order chi connectivity index (χ0) is 17.0. The van der Waals surface area contributed by atoms with Crippen LogP contribution >= 0.6 is 0 Å². The molecule has 0 aliphatic heterocycles. The number of hydrogen-bond acceptors (Lipinski definition) is 2. The van der Waals surface area contributed by atoms with E-state index in [0.717, 1.165) is 24.3 Å². The lowest BCUT2D eigenvalue weighted by atomic mass is 10.2. The monoisotopic (exact) mass is 327 g/mol. The average Bonchev–Trinajstić information content (AvgIpc) is 2.49. The summed E-state index contributed by atoms with van der Waals surface area (Å²) in [5.74, 6) is -1.29. The fourth-order valence-electron chi connectivity index (χ4n) is 1.77. The third-order valence-corrected chi connectivity index (χ3v) is 2.99. The van der Waals surface area contributed by atoms with Gasteiger partial charge in [0.15, 0.2) is 17.7 Å². The molecule has 2 rings (SSSR count). The van der Waals surface area contributed by atoms with Crippen molar-refractivity contribution in [2.45, 2.75) is 19.2 Å². The largest absolute Gasteiger partial charge is 0.478 e. The molecule has 0 saturated heterocycles. The van der Waals surface area contributed by atoms with Crippen LogP contribution < -0.4 is 10.1 Å². The van der Waals surface area contributed by atoms with E-state index in [-0.39, 0.29) is 11.4 Å². The minimum Gasteiger partial charge on any atom is -0.478 e. The number of hydrogen-bond donors (Lipinski definition) is 1. The van der Waals surface area contributed by atoms with Crippen LogP contribution in [0.1, 0.15) is 12.5 Å². The van der Waals surface area contributed by atoms with Gasteiger partial charge in [0.1, 0.15) is 0 Å². The molecule has 0 radical (unpaired) electrons. The highest BCUT2D eigenvalue weighted by Gasteiger charge is 2.30. The number of benzene rings is 2. The molecule has 0 aliphatic rings. The Bertz CT molecular complexity index is 683. The number of carbonyl (C=O) groups excluding carboxylic acids is 1. The second kappa shape index (κ2) is 6.68. The maximum atomic E-state index is 13.4. The highest BCUT2D eigenvalue weighted by Crippen LogP contribution is 2.29. The topological polar surface area (TPSA) is 38.3 Å². The van der Waals surface area contributed by atoms with Crippen LogP contribution in [0.4, 0.5) is 23.2 Å². The summed E-state index contributed by atoms with van der Waals surface area (Å²) in [4.78, 5) is 11.9. The summed E-state index contributed by atoms with van der Waals surface area (Å²) < 4.78 is 56.0. The Morgan fingerprint density at radius 3 is 2.26 bits per heavy atom. The molecule has 0 bridgehead atoms. The van der Waals surface area contributed by atoms with E-state index in [1.165, 1.54) is 25.1 Å². The highest BCUT2D eigenvalue weighted by molar-refractivity contribution is 5.94. The van der Waals surface area contributed by atoms with Crippen molar-refractivity contribution in [2.24, 2.45) is 0 Å². The fourth-order valence-corrected chi connectivity index (χ4v) is 1.77. The van der Waals surface area contributed by atoms with E-state index in [2.05, 4.69) is 5.32 Å². The summed E-state index contributed by atoms with van der Waals surface area (Å²) in [5.41, 5.74) is -0.627. The summed E-state index contributed by atoms with van der Waals surface area (Å²) in [6.45, 7) is 1.41. The molecule has 0 heterocycles. The van der Waals surface area contributed by atoms with Crippen molar-refractivity contribution in [2.75, 3.05) is 5.32 Å². The van der Waals surface area contributed by atoms with Gasteiger partial charge in [-0.05, 0) is 43.3 Å². The molecule has 3 nitrogen and oxygen atoms in total. The first-order valence-electron chi connectivity index (χ1n) is 6.66. The molecule has 1 N–H and O–H groups in total. The number of rotatable bonds is 4. The Balaban J connectivity index is 2.00. The first-order valence-corrected chi connectivity index (χ1v) is 6.66. The predicted molar refractivity (Wildman–Crippen MR) is 76.6 cm³/mol. The fraction of sp³-hybridized carbons (Fsp3) is 0.188. The van der Waals surface area contributed by atoms with Crippen molar-refractivity contribution in [1.29, 1.82) is 0 Å². The number of amides is 1. The van der Waals surface area contributed by atoms with Gasteiger partial charge in [-0.3, -0.25) is 4.79 Å². The minimum absolute atomic E-state index is 0.0810. The average molecular weight is 327 g/mol. The van der Waals surface area contributed by atoms with E-state index < -0.39 is 29.6 Å². The maximum Gasteiger partial charge on any atom is 0.416 e. The molecule has 0 spiro atoms. The predicted octanol–water partition coefficient (Wildman–Crippen LogP) is 4.25. The van der Waals surface area contributed by atoms with Gasteiger partial charge in [-0.2, -0.15) is 13.2 Å². The lowest BCUT2D eigenvalue weighted by Crippen LogP contribution is -2.30. The van der Waals surface area contributed by atoms with E-state index in [1.807, 2.05) is 0 Å². The first-order chi connectivity index (χ1) is 10.8. The van der Waals surface area contributed by atoms with Gasteiger partial charge in [0.25, 0.3) is 5.91 Å². The Hall–Kier alpha value is -2.57. The number of ether oxygens (including phenoxy) is 1. The molecule has 122 valence electrons. The number of alkyl halides is 3. The molecule has 2 aromatic rings. The maximum absolute atomic E-state index is 13.4. The molecule has 2 aromatic carbocycles. The SMILES string of the molecule is CC(Oc1ccccc1F)C(=O)Nc1ccc(C(F)(F)F)cc1. The standard InChI is InChI=1S/C16H13F4NO2/c1-10(23-14-5-3-2-4-13(14)17)15(22)21-12-8-6-11(7-9-12)16(18,19)20/h2-10H,1H3,(H,21,22). The van der Waals surface area contributed by atoms with Gasteiger partial charge in [0.2, 0.25) is 0 Å². The van der Waals surface area contributed by atoms with Gasteiger partial charge in [-0.1, -0.05) is 12.1 Å². The highest BCUT2D eigenvalue weighted by atomic mass is 19.4. The van der Waals surface area contributed by atoms with Gasteiger partial charge >= 0.3 is 6.18 Å². The normalized spacial score (nSPS) is 12.6. The van der Waals surface area contributed by atoms with Gasteiger partial charge in [0.05, 0.1) is 5.56 Å². The van der Waals surface area contributed by atoms with Gasteiger partial charge in [0, 0.05) is 5.69 Å². The third kappa shape index (κ3) is 4.45. The summed E-state index contributed by atoms with van der Waals surface area (Å²) >= 11 is 0. The third-order valence-electron chi connectivity index (χ3n) is 2.99. The van der Waals surface area contributed by atoms with Crippen LogP contribution in [0.5, 0.6) is 5.75 Å². The lowest BCUT2D eigenvalue weighted by Gasteiger charge is -2.15. The molecule has 0 aliphatic carbocycles. The number of anilines is 1. The van der Waals surface area contributed by atoms with E-state index in [1.54, 1.807) is 6.07 Å². The molecular formula is C16H13F4NO2. The number of para-hydroxylation sites is 1. The lowest BCUT2D eigenvalue weighted by molar-refractivity contribution is -0.137. The van der Waals surface area contributed by atoms with E-state index in [9.17, 15) is 22.4 Å². The quantitative estimate of drug-likeness (QED) is 0.853. The van der Waals surface area contributed by atoms with Crippen LogP contribution in [-0.4, -0.2) is 12.0 Å². The molecule has 0 saturated carbocycles. The van der Waals surface area contributed by atoms with Crippen molar-refractivity contribution in [1.82, 2.24) is 0 Å². The minimum atomic E-state index is -4.44. The molecular weight excluding hydrogens is 314 g/mol. The van der Waals surface area contributed by atoms with Crippen LogP contribution in [0, 0.1) is 5.82 Å². The van der Waals surface area contributed by atoms with Crippen LogP contribution in [0.25, 0.3) is 0 Å². The number of nitrogens with one attached hydrogen (secondary N) is 1. The molecule has 1 atom stereocenters. The Morgan fingerprint density at radius 1 is 1.09 bits per heavy atom. The summed E-state index contributed by atoms with van der Waals surface area (Å²) in [7, 11) is 0. The second-order valence-electron chi connectivity index (χ2n) is 4.75. The van der Waals surface area contributed by atoms with Gasteiger partial charge in [-0.15, -0.1) is 0 Å². The Labute approximate surface area is 129 Å². The van der Waals surface area contributed by atoms with Crippen molar-refractivity contribution < 1.29 is 27.1 Å². The number of halogens is 4. The Morgan fingerprint density at radius 2 is 1.70 bits per heavy atom. The van der Waals surface area contributed by atoms with Gasteiger partial charge < -0.3 is 10.1 Å². The van der Waals surface area contributed by atoms with Crippen molar-refractivity contribution in [3.05, 3.63) is 59.9 Å². The molecule has 23 heavy (non-hydrogen) atoms. The smallest absolute Gasteiger partial charge is 0.416 e. The summed E-state index contributed by atoms with van der Waals surface area (Å²) in [6.07, 6.45) is -5.46. The van der Waals surface area contributed by atoms with Crippen LogP contribution in [0.2, 0.25) is 0 Å². The molecule has 1 amide bonds. The van der Waals surface area contributed by atoms with Crippen molar-refractivity contribution in [3.63, 3.8) is 0 Å². The van der Waals surface area contributed by atoms with E-state index in [4.69, 9.17) is 4.74 Å². The zero-order valence-corrected chi connectivity index (χ0v) is 12.0. The molecule has 7 heteroatoms. The molecule has 1 unspecified atom stereocenters. The first kappa shape index (κ1) is 16.8. The summed E-state index contributed by atoms with van der Waals surface area (Å²) in [6, 6.07) is 9.59. The second-order valence-corrected chi connectivity index (χ2v) is 4.75. The van der Waals surface area contributed by atoms with Crippen molar-refractivity contribution in [3.8, 4) is 5.75 Å². The van der Waals surface area contributed by atoms with Crippen LogP contribution in [0.3, 0.4) is 0 Å².